The van der Waals surface area contributed by atoms with E-state index in [1.54, 1.807) is 0 Å². The van der Waals surface area contributed by atoms with Crippen molar-refractivity contribution in [3.8, 4) is 0 Å². The van der Waals surface area contributed by atoms with Crippen molar-refractivity contribution in [1.29, 1.82) is 0 Å². The van der Waals surface area contributed by atoms with E-state index in [2.05, 4.69) is 0 Å². The van der Waals surface area contributed by atoms with Crippen molar-refractivity contribution in [1.82, 2.24) is 0 Å². The molecule has 4 heavy (non-hydrogen) atoms. The third-order valence-corrected chi connectivity index (χ3v) is 0. The third kappa shape index (κ3) is 8.90. The summed E-state index contributed by atoms with van der Waals surface area (Å²) in [5, 5.41) is 0. The number of hydrogen-bond acceptors (Lipinski definition) is 0. The maximum absolute atomic E-state index is 0. The molecule has 0 aliphatic carbocycles. The number of hydrogen-bond donors (Lipinski definition) is 0. The van der Waals surface area contributed by atoms with E-state index in [-0.39, 0.29) is 91.8 Å². The smallest absolute Gasteiger partial charge is 0 e. The third-order valence-electron chi connectivity index (χ3n) is 0. The van der Waals surface area contributed by atoms with E-state index >= 15 is 0 Å². The van der Waals surface area contributed by atoms with Crippen LogP contribution in [0.2, 0.25) is 0 Å². The maximum atomic E-state index is 0. The van der Waals surface area contributed by atoms with Crippen LogP contribution < -0.4 is 0 Å². The molecule has 0 aromatic rings. The Morgan fingerprint density at radius 2 is 0.750 bits per heavy atom. The molecule has 0 aromatic heterocycles. The molecule has 0 spiro atoms. The SMILES string of the molecule is [Mg].[Mg].[Zn].[Zr]. The van der Waals surface area contributed by atoms with Crippen LogP contribution in [0.3, 0.4) is 0 Å². The summed E-state index contributed by atoms with van der Waals surface area (Å²) in [5.41, 5.74) is 0. The monoisotopic (exact) mass is 202 g/mol. The Kier molecular flexibility index (Phi) is 115. The van der Waals surface area contributed by atoms with E-state index in [1.807, 2.05) is 0 Å². The van der Waals surface area contributed by atoms with Gasteiger partial charge in [-0.1, -0.05) is 0 Å². The van der Waals surface area contributed by atoms with Gasteiger partial charge in [0.25, 0.3) is 0 Å². The molecule has 0 amide bonds. The van der Waals surface area contributed by atoms with Crippen molar-refractivity contribution in [2.75, 3.05) is 0 Å². The molecular formula is Mg2ZnZr. The molecule has 0 saturated heterocycles. The second-order valence-electron chi connectivity index (χ2n) is 0. The van der Waals surface area contributed by atoms with Crippen LogP contribution in [0, 0.1) is 0 Å². The Bertz CT molecular complexity index is 6.00. The van der Waals surface area contributed by atoms with Crippen LogP contribution in [0.25, 0.3) is 0 Å². The molecule has 0 unspecified atom stereocenters. The Hall–Kier alpha value is 3.04. The fourth-order valence-electron chi connectivity index (χ4n) is 0. The fraction of sp³-hybridized carbons (Fsp3) is 0. The van der Waals surface area contributed by atoms with Gasteiger partial charge >= 0.3 is 0 Å². The van der Waals surface area contributed by atoms with Gasteiger partial charge in [-0.25, -0.2) is 0 Å². The molecule has 0 rings (SSSR count). The molecule has 0 heterocycles. The molecule has 0 fully saturated rings. The van der Waals surface area contributed by atoms with Gasteiger partial charge in [-0.2, -0.15) is 0 Å². The molecule has 0 aliphatic rings. The van der Waals surface area contributed by atoms with Gasteiger partial charge in [0.15, 0.2) is 0 Å². The predicted molar refractivity (Wildman–Crippen MR) is 11.5 cm³/mol. The second-order valence-corrected chi connectivity index (χ2v) is 0. The van der Waals surface area contributed by atoms with E-state index in [1.165, 1.54) is 0 Å². The van der Waals surface area contributed by atoms with Crippen molar-refractivity contribution < 1.29 is 45.7 Å². The molecule has 0 atom stereocenters. The van der Waals surface area contributed by atoms with Crippen molar-refractivity contribution in [2.24, 2.45) is 0 Å². The first kappa shape index (κ1) is 27.8. The van der Waals surface area contributed by atoms with Gasteiger partial charge in [-0.15, -0.1) is 0 Å². The summed E-state index contributed by atoms with van der Waals surface area (Å²) >= 11 is 0. The Balaban J connectivity index is 0. The van der Waals surface area contributed by atoms with Gasteiger partial charge in [0.05, 0.1) is 0 Å². The Labute approximate surface area is 90.0 Å². The van der Waals surface area contributed by atoms with E-state index in [9.17, 15) is 0 Å². The summed E-state index contributed by atoms with van der Waals surface area (Å²) in [4.78, 5) is 0. The van der Waals surface area contributed by atoms with Crippen LogP contribution in [0.15, 0.2) is 0 Å². The topological polar surface area (TPSA) is 0 Å². The zero-order valence-electron chi connectivity index (χ0n) is 2.62. The van der Waals surface area contributed by atoms with Gasteiger partial charge < -0.3 is 0 Å². The summed E-state index contributed by atoms with van der Waals surface area (Å²) in [6.45, 7) is 0. The zero-order chi connectivity index (χ0) is 0. The van der Waals surface area contributed by atoms with E-state index in [0.717, 1.165) is 0 Å². The van der Waals surface area contributed by atoms with E-state index in [0.29, 0.717) is 0 Å². The van der Waals surface area contributed by atoms with Gasteiger partial charge in [-0.05, 0) is 0 Å². The predicted octanol–water partition coefficient (Wildman–Crippen LogP) is -0.767. The average molecular weight is 205 g/mol. The Morgan fingerprint density at radius 1 is 0.750 bits per heavy atom. The summed E-state index contributed by atoms with van der Waals surface area (Å²) in [6.07, 6.45) is 0. The molecule has 0 bridgehead atoms. The molecule has 0 aliphatic heterocycles. The molecular weight excluding hydrogens is 205 g/mol. The van der Waals surface area contributed by atoms with Gasteiger partial charge in [0.2, 0.25) is 0 Å². The zero-order valence-corrected chi connectivity index (χ0v) is 10.9. The summed E-state index contributed by atoms with van der Waals surface area (Å²) in [6, 6.07) is 0. The minimum atomic E-state index is 0. The fourth-order valence-corrected chi connectivity index (χ4v) is 0. The first-order valence-electron chi connectivity index (χ1n) is 0. The minimum Gasteiger partial charge on any atom is 0 e. The minimum absolute atomic E-state index is 0. The molecule has 0 nitrogen and oxygen atoms in total. The maximum Gasteiger partial charge on any atom is 0 e. The second kappa shape index (κ2) is 16.6. The largest absolute Gasteiger partial charge is 0 e. The van der Waals surface area contributed by atoms with Crippen molar-refractivity contribution in [3.63, 3.8) is 0 Å². The number of rotatable bonds is 0. The standard InChI is InChI=1S/2Mg.Zn.Zr. The van der Waals surface area contributed by atoms with Crippen molar-refractivity contribution >= 4 is 46.1 Å². The first-order chi connectivity index (χ1) is 0. The molecule has 4 heteroatoms. The van der Waals surface area contributed by atoms with Crippen molar-refractivity contribution in [3.05, 3.63) is 0 Å². The molecule has 0 N–H and O–H groups in total. The summed E-state index contributed by atoms with van der Waals surface area (Å²) in [7, 11) is 0. The van der Waals surface area contributed by atoms with Crippen LogP contribution in [-0.2, 0) is 45.7 Å². The van der Waals surface area contributed by atoms with Gasteiger partial charge in [0.1, 0.15) is 0 Å². The van der Waals surface area contributed by atoms with Crippen LogP contribution >= 0.6 is 0 Å². The van der Waals surface area contributed by atoms with Crippen molar-refractivity contribution in [2.45, 2.75) is 0 Å². The van der Waals surface area contributed by atoms with E-state index in [4.69, 9.17) is 0 Å². The first-order valence-corrected chi connectivity index (χ1v) is 0. The molecule has 0 aromatic carbocycles. The van der Waals surface area contributed by atoms with Gasteiger partial charge in [-0.3, -0.25) is 0 Å². The van der Waals surface area contributed by atoms with Crippen LogP contribution in [0.1, 0.15) is 0 Å². The summed E-state index contributed by atoms with van der Waals surface area (Å²) in [5.74, 6) is 0. The van der Waals surface area contributed by atoms with Crippen LogP contribution in [0.5, 0.6) is 0 Å². The quantitative estimate of drug-likeness (QED) is 0.456. The molecule has 4 radical (unpaired) electrons. The summed E-state index contributed by atoms with van der Waals surface area (Å²) < 4.78 is 0. The van der Waals surface area contributed by atoms with E-state index < -0.39 is 0 Å². The average Bonchev–Trinajstić information content (AvgIpc) is 0. The normalized spacial score (nSPS) is 0. The molecule has 0 saturated carbocycles. The van der Waals surface area contributed by atoms with Crippen LogP contribution in [0.4, 0.5) is 0 Å². The van der Waals surface area contributed by atoms with Gasteiger partial charge in [0, 0.05) is 91.8 Å². The van der Waals surface area contributed by atoms with Crippen LogP contribution in [-0.4, -0.2) is 46.1 Å². The Morgan fingerprint density at radius 3 is 0.750 bits per heavy atom. The molecule has 10 valence electrons.